The maximum Gasteiger partial charge on any atom is 0.410 e. The van der Waals surface area contributed by atoms with E-state index in [-0.39, 0.29) is 5.69 Å². The summed E-state index contributed by atoms with van der Waals surface area (Å²) in [6.07, 6.45) is 0.579. The van der Waals surface area contributed by atoms with E-state index in [0.29, 0.717) is 11.1 Å². The van der Waals surface area contributed by atoms with Gasteiger partial charge in [0.15, 0.2) is 5.17 Å². The highest BCUT2D eigenvalue weighted by atomic mass is 32.2. The number of fused-ring (bicyclic) bond motifs is 1. The highest BCUT2D eigenvalue weighted by Gasteiger charge is 2.56. The van der Waals surface area contributed by atoms with Gasteiger partial charge in [0.2, 0.25) is 0 Å². The van der Waals surface area contributed by atoms with Gasteiger partial charge in [-0.15, -0.1) is 0 Å². The molecule has 1 aliphatic carbocycles. The summed E-state index contributed by atoms with van der Waals surface area (Å²) >= 11 is 1.37. The Morgan fingerprint density at radius 1 is 1.57 bits per heavy atom. The van der Waals surface area contributed by atoms with Gasteiger partial charge in [-0.25, -0.2) is 4.79 Å². The smallest absolute Gasteiger partial charge is 0.410 e. The van der Waals surface area contributed by atoms with Crippen molar-refractivity contribution in [1.82, 2.24) is 5.32 Å². The summed E-state index contributed by atoms with van der Waals surface area (Å²) in [5.74, 6) is 1.11. The zero-order valence-corrected chi connectivity index (χ0v) is 11.8. The lowest BCUT2D eigenvalue weighted by molar-refractivity contribution is -0.384. The Labute approximate surface area is 124 Å². The number of nitro benzene ring substituents is 1. The highest BCUT2D eigenvalue weighted by Crippen LogP contribution is 2.59. The van der Waals surface area contributed by atoms with Crippen LogP contribution in [0.5, 0.6) is 0 Å². The van der Waals surface area contributed by atoms with Gasteiger partial charge in [0.25, 0.3) is 5.69 Å². The third kappa shape index (κ3) is 2.58. The van der Waals surface area contributed by atoms with Crippen LogP contribution in [0, 0.1) is 16.0 Å². The van der Waals surface area contributed by atoms with Crippen molar-refractivity contribution in [3.05, 3.63) is 39.9 Å². The molecule has 2 N–H and O–H groups in total. The van der Waals surface area contributed by atoms with Gasteiger partial charge in [0.05, 0.1) is 10.5 Å². The number of non-ortho nitro benzene ring substituents is 1. The SMILES string of the molecule is O=C(O)NC1=N[C@]2(c3cccc([N+](=O)[O-])c3)C[C@@H]2CCS1. The van der Waals surface area contributed by atoms with Crippen molar-refractivity contribution in [2.45, 2.75) is 18.4 Å². The number of carbonyl (C=O) groups is 1. The Morgan fingerprint density at radius 3 is 3.10 bits per heavy atom. The quantitative estimate of drug-likeness (QED) is 0.645. The lowest BCUT2D eigenvalue weighted by atomic mass is 10.0. The van der Waals surface area contributed by atoms with Crippen molar-refractivity contribution in [2.75, 3.05) is 5.75 Å². The number of amidine groups is 1. The van der Waals surface area contributed by atoms with Crippen molar-refractivity contribution < 1.29 is 14.8 Å². The van der Waals surface area contributed by atoms with Crippen LogP contribution in [-0.2, 0) is 5.54 Å². The largest absolute Gasteiger partial charge is 0.465 e. The normalized spacial score (nSPS) is 27.0. The fraction of sp³-hybridized carbons (Fsp3) is 0.385. The van der Waals surface area contributed by atoms with Crippen molar-refractivity contribution in [3.63, 3.8) is 0 Å². The summed E-state index contributed by atoms with van der Waals surface area (Å²) in [6, 6.07) is 6.46. The summed E-state index contributed by atoms with van der Waals surface area (Å²) in [5.41, 5.74) is 0.314. The summed E-state index contributed by atoms with van der Waals surface area (Å²) < 4.78 is 0. The summed E-state index contributed by atoms with van der Waals surface area (Å²) in [4.78, 5) is 25.8. The second-order valence-electron chi connectivity index (χ2n) is 5.12. The molecule has 1 saturated carbocycles. The number of carboxylic acid groups (broad SMARTS) is 1. The standard InChI is InChI=1S/C13H13N3O4S/c17-12(18)14-11-15-13(7-9(13)4-5-21-11)8-2-1-3-10(6-8)16(19)20/h1-3,6,9H,4-5,7H2,(H,14,15)(H,17,18)/t9-,13-/m0/s1. The van der Waals surface area contributed by atoms with E-state index in [1.165, 1.54) is 23.9 Å². The van der Waals surface area contributed by atoms with Gasteiger partial charge in [-0.05, 0) is 24.3 Å². The van der Waals surface area contributed by atoms with Crippen LogP contribution in [0.15, 0.2) is 29.3 Å². The molecular weight excluding hydrogens is 294 g/mol. The first-order valence-corrected chi connectivity index (χ1v) is 7.47. The molecule has 0 aromatic heterocycles. The van der Waals surface area contributed by atoms with Crippen LogP contribution in [-0.4, -0.2) is 27.0 Å². The zero-order valence-electron chi connectivity index (χ0n) is 11.0. The third-order valence-corrected chi connectivity index (χ3v) is 4.76. The van der Waals surface area contributed by atoms with Crippen LogP contribution in [0.1, 0.15) is 18.4 Å². The second kappa shape index (κ2) is 5.03. The number of hydrogen-bond acceptors (Lipinski definition) is 5. The van der Waals surface area contributed by atoms with Crippen LogP contribution in [0.2, 0.25) is 0 Å². The van der Waals surface area contributed by atoms with E-state index in [1.807, 2.05) is 6.07 Å². The number of thioether (sulfide) groups is 1. The molecule has 1 amide bonds. The number of rotatable bonds is 2. The van der Waals surface area contributed by atoms with Crippen LogP contribution in [0.3, 0.4) is 0 Å². The zero-order chi connectivity index (χ0) is 15.0. The second-order valence-corrected chi connectivity index (χ2v) is 6.20. The average molecular weight is 307 g/mol. The van der Waals surface area contributed by atoms with Crippen LogP contribution < -0.4 is 5.32 Å². The summed E-state index contributed by atoms with van der Waals surface area (Å²) in [5, 5.41) is 22.4. The topological polar surface area (TPSA) is 105 Å². The third-order valence-electron chi connectivity index (χ3n) is 3.85. The number of nitro groups is 1. The van der Waals surface area contributed by atoms with E-state index >= 15 is 0 Å². The molecule has 110 valence electrons. The predicted octanol–water partition coefficient (Wildman–Crippen LogP) is 2.57. The van der Waals surface area contributed by atoms with E-state index in [2.05, 4.69) is 10.3 Å². The number of hydrogen-bond donors (Lipinski definition) is 2. The number of nitrogens with one attached hydrogen (secondary N) is 1. The molecule has 2 aliphatic rings. The number of nitrogens with zero attached hydrogens (tertiary/aromatic N) is 2. The minimum atomic E-state index is -1.14. The van der Waals surface area contributed by atoms with Gasteiger partial charge in [-0.1, -0.05) is 23.9 Å². The molecule has 1 fully saturated rings. The molecule has 1 aromatic rings. The average Bonchev–Trinajstić information content (AvgIpc) is 3.13. The number of benzene rings is 1. The van der Waals surface area contributed by atoms with Gasteiger partial charge >= 0.3 is 6.09 Å². The molecule has 1 aromatic carbocycles. The summed E-state index contributed by atoms with van der Waals surface area (Å²) in [7, 11) is 0. The van der Waals surface area contributed by atoms with E-state index in [4.69, 9.17) is 5.11 Å². The Bertz CT molecular complexity index is 648. The Balaban J connectivity index is 1.97. The summed E-state index contributed by atoms with van der Waals surface area (Å²) in [6.45, 7) is 0. The molecule has 3 rings (SSSR count). The van der Waals surface area contributed by atoms with Crippen molar-refractivity contribution in [3.8, 4) is 0 Å². The number of aliphatic imine (C=N–C) groups is 1. The minimum absolute atomic E-state index is 0.0346. The Kier molecular flexibility index (Phi) is 3.32. The van der Waals surface area contributed by atoms with Gasteiger partial charge in [0, 0.05) is 17.9 Å². The van der Waals surface area contributed by atoms with E-state index < -0.39 is 16.6 Å². The molecule has 0 spiro atoms. The molecule has 7 nitrogen and oxygen atoms in total. The maximum absolute atomic E-state index is 10.9. The van der Waals surface area contributed by atoms with Gasteiger partial charge in [0.1, 0.15) is 0 Å². The highest BCUT2D eigenvalue weighted by molar-refractivity contribution is 8.13. The molecule has 0 unspecified atom stereocenters. The monoisotopic (exact) mass is 307 g/mol. The van der Waals surface area contributed by atoms with Crippen molar-refractivity contribution in [1.29, 1.82) is 0 Å². The lowest BCUT2D eigenvalue weighted by Gasteiger charge is -2.13. The first-order chi connectivity index (χ1) is 10.0. The van der Waals surface area contributed by atoms with Gasteiger partial charge in [-0.3, -0.25) is 20.4 Å². The fourth-order valence-corrected chi connectivity index (χ4v) is 3.75. The lowest BCUT2D eigenvalue weighted by Crippen LogP contribution is -2.27. The first kappa shape index (κ1) is 13.9. The van der Waals surface area contributed by atoms with Crippen molar-refractivity contribution in [2.24, 2.45) is 10.9 Å². The predicted molar refractivity (Wildman–Crippen MR) is 78.6 cm³/mol. The maximum atomic E-state index is 10.9. The Hall–Kier alpha value is -2.09. The van der Waals surface area contributed by atoms with Crippen LogP contribution in [0.4, 0.5) is 10.5 Å². The minimum Gasteiger partial charge on any atom is -0.465 e. The molecule has 0 radical (unpaired) electrons. The molecule has 1 aliphatic heterocycles. The van der Waals surface area contributed by atoms with Crippen molar-refractivity contribution >= 4 is 28.7 Å². The van der Waals surface area contributed by atoms with Gasteiger partial charge < -0.3 is 5.11 Å². The Morgan fingerprint density at radius 2 is 2.38 bits per heavy atom. The molecule has 1 heterocycles. The fourth-order valence-electron chi connectivity index (χ4n) is 2.77. The van der Waals surface area contributed by atoms with E-state index in [1.54, 1.807) is 6.07 Å². The molecule has 0 saturated heterocycles. The molecule has 0 bridgehead atoms. The first-order valence-electron chi connectivity index (χ1n) is 6.49. The van der Waals surface area contributed by atoms with E-state index in [0.717, 1.165) is 24.2 Å². The molecule has 8 heteroatoms. The van der Waals surface area contributed by atoms with Gasteiger partial charge in [-0.2, -0.15) is 0 Å². The van der Waals surface area contributed by atoms with E-state index in [9.17, 15) is 14.9 Å². The molecule has 21 heavy (non-hydrogen) atoms. The van der Waals surface area contributed by atoms with Crippen LogP contribution >= 0.6 is 11.8 Å². The number of amides is 1. The molecule has 2 atom stereocenters. The molecular formula is C13H13N3O4S. The van der Waals surface area contributed by atoms with Crippen LogP contribution in [0.25, 0.3) is 0 Å².